The second kappa shape index (κ2) is 5.69. The van der Waals surface area contributed by atoms with Crippen molar-refractivity contribution in [2.45, 2.75) is 12.8 Å². The zero-order chi connectivity index (χ0) is 13.0. The predicted molar refractivity (Wildman–Crippen MR) is 66.5 cm³/mol. The molecule has 2 heterocycles. The van der Waals surface area contributed by atoms with Gasteiger partial charge in [0, 0.05) is 12.5 Å². The maximum absolute atomic E-state index is 10.6. The van der Waals surface area contributed by atoms with E-state index in [1.165, 1.54) is 6.07 Å². The van der Waals surface area contributed by atoms with Gasteiger partial charge in [0.25, 0.3) is 5.89 Å². The number of aryl methyl sites for hydroxylation is 1. The molecule has 0 amide bonds. The van der Waals surface area contributed by atoms with Gasteiger partial charge in [0.15, 0.2) is 0 Å². The van der Waals surface area contributed by atoms with Crippen LogP contribution in [0.25, 0.3) is 10.8 Å². The highest BCUT2D eigenvalue weighted by molar-refractivity contribution is 7.18. The summed E-state index contributed by atoms with van der Waals surface area (Å²) in [6.45, 7) is 0.877. The molecule has 2 rings (SSSR count). The standard InChI is InChI=1S/C10H12N4O3S/c1-11-6-2-3-8-12-13-10(17-8)7-4-5-9(18-7)14(15)16/h4-5,11H,2-3,6H2,1H3. The molecule has 0 spiro atoms. The summed E-state index contributed by atoms with van der Waals surface area (Å²) in [5.41, 5.74) is 0. The van der Waals surface area contributed by atoms with Crippen molar-refractivity contribution in [1.82, 2.24) is 15.5 Å². The van der Waals surface area contributed by atoms with Crippen molar-refractivity contribution in [3.05, 3.63) is 28.1 Å². The Balaban J connectivity index is 2.06. The van der Waals surface area contributed by atoms with Gasteiger partial charge in [-0.2, -0.15) is 0 Å². The first-order chi connectivity index (χ1) is 8.70. The molecule has 0 atom stereocenters. The minimum atomic E-state index is -0.432. The summed E-state index contributed by atoms with van der Waals surface area (Å²) < 4.78 is 5.45. The zero-order valence-corrected chi connectivity index (χ0v) is 10.6. The first-order valence-electron chi connectivity index (χ1n) is 5.42. The second-order valence-electron chi connectivity index (χ2n) is 3.60. The van der Waals surface area contributed by atoms with E-state index in [4.69, 9.17) is 4.42 Å². The molecule has 0 unspecified atom stereocenters. The summed E-state index contributed by atoms with van der Waals surface area (Å²) in [7, 11) is 1.88. The summed E-state index contributed by atoms with van der Waals surface area (Å²) in [5.74, 6) is 0.892. The summed E-state index contributed by atoms with van der Waals surface area (Å²) in [4.78, 5) is 10.8. The van der Waals surface area contributed by atoms with Gasteiger partial charge < -0.3 is 9.73 Å². The normalized spacial score (nSPS) is 10.7. The number of nitrogens with zero attached hydrogens (tertiary/aromatic N) is 3. The Morgan fingerprint density at radius 2 is 2.33 bits per heavy atom. The van der Waals surface area contributed by atoms with Crippen molar-refractivity contribution in [2.24, 2.45) is 0 Å². The monoisotopic (exact) mass is 268 g/mol. The quantitative estimate of drug-likeness (QED) is 0.488. The molecule has 0 aliphatic heterocycles. The lowest BCUT2D eigenvalue weighted by Gasteiger charge is -1.94. The molecular weight excluding hydrogens is 256 g/mol. The van der Waals surface area contributed by atoms with Crippen molar-refractivity contribution < 1.29 is 9.34 Å². The van der Waals surface area contributed by atoms with Crippen molar-refractivity contribution in [3.8, 4) is 10.8 Å². The van der Waals surface area contributed by atoms with E-state index >= 15 is 0 Å². The van der Waals surface area contributed by atoms with Crippen LogP contribution in [0.3, 0.4) is 0 Å². The Labute approximate surface area is 107 Å². The van der Waals surface area contributed by atoms with Crippen LogP contribution in [0.15, 0.2) is 16.5 Å². The number of nitrogens with one attached hydrogen (secondary N) is 1. The van der Waals surface area contributed by atoms with Crippen molar-refractivity contribution in [3.63, 3.8) is 0 Å². The van der Waals surface area contributed by atoms with Crippen LogP contribution in [0.2, 0.25) is 0 Å². The van der Waals surface area contributed by atoms with E-state index in [1.54, 1.807) is 6.07 Å². The van der Waals surface area contributed by atoms with Gasteiger partial charge in [-0.15, -0.1) is 10.2 Å². The van der Waals surface area contributed by atoms with Crippen LogP contribution in [-0.4, -0.2) is 28.7 Å². The fraction of sp³-hybridized carbons (Fsp3) is 0.400. The van der Waals surface area contributed by atoms with Gasteiger partial charge in [0.05, 0.1) is 9.80 Å². The molecule has 0 bridgehead atoms. The molecule has 0 saturated heterocycles. The summed E-state index contributed by atoms with van der Waals surface area (Å²) in [6, 6.07) is 3.05. The molecule has 2 aromatic rings. The molecule has 18 heavy (non-hydrogen) atoms. The summed E-state index contributed by atoms with van der Waals surface area (Å²) in [5, 5.41) is 21.5. The average molecular weight is 268 g/mol. The Bertz CT molecular complexity index is 537. The topological polar surface area (TPSA) is 94.1 Å². The number of rotatable bonds is 6. The number of aromatic nitrogens is 2. The average Bonchev–Trinajstić information content (AvgIpc) is 2.97. The van der Waals surface area contributed by atoms with Gasteiger partial charge in [0.1, 0.15) is 0 Å². The van der Waals surface area contributed by atoms with Crippen LogP contribution < -0.4 is 5.32 Å². The lowest BCUT2D eigenvalue weighted by molar-refractivity contribution is -0.380. The van der Waals surface area contributed by atoms with Crippen molar-refractivity contribution in [2.75, 3.05) is 13.6 Å². The third kappa shape index (κ3) is 2.90. The van der Waals surface area contributed by atoms with Gasteiger partial charge in [-0.1, -0.05) is 11.3 Å². The zero-order valence-electron chi connectivity index (χ0n) is 9.75. The highest BCUT2D eigenvalue weighted by atomic mass is 32.1. The maximum Gasteiger partial charge on any atom is 0.324 e. The Morgan fingerprint density at radius 1 is 1.50 bits per heavy atom. The summed E-state index contributed by atoms with van der Waals surface area (Å²) in [6.07, 6.45) is 1.60. The van der Waals surface area contributed by atoms with E-state index in [0.29, 0.717) is 23.1 Å². The Kier molecular flexibility index (Phi) is 4.00. The molecule has 0 aliphatic rings. The van der Waals surface area contributed by atoms with Crippen LogP contribution in [0.5, 0.6) is 0 Å². The highest BCUT2D eigenvalue weighted by Crippen LogP contribution is 2.31. The largest absolute Gasteiger partial charge is 0.420 e. The van der Waals surface area contributed by atoms with E-state index in [0.717, 1.165) is 24.3 Å². The number of hydrogen-bond donors (Lipinski definition) is 1. The number of hydrogen-bond acceptors (Lipinski definition) is 7. The Hall–Kier alpha value is -1.80. The minimum absolute atomic E-state index is 0.0694. The fourth-order valence-corrected chi connectivity index (χ4v) is 2.15. The second-order valence-corrected chi connectivity index (χ2v) is 4.67. The van der Waals surface area contributed by atoms with Crippen LogP contribution in [-0.2, 0) is 6.42 Å². The van der Waals surface area contributed by atoms with Gasteiger partial charge in [-0.3, -0.25) is 10.1 Å². The molecule has 0 aromatic carbocycles. The predicted octanol–water partition coefficient (Wildman–Crippen LogP) is 1.86. The molecular formula is C10H12N4O3S. The van der Waals surface area contributed by atoms with E-state index in [-0.39, 0.29) is 5.00 Å². The first-order valence-corrected chi connectivity index (χ1v) is 6.24. The van der Waals surface area contributed by atoms with Gasteiger partial charge in [-0.25, -0.2) is 0 Å². The lowest BCUT2D eigenvalue weighted by atomic mass is 10.3. The minimum Gasteiger partial charge on any atom is -0.420 e. The summed E-state index contributed by atoms with van der Waals surface area (Å²) >= 11 is 1.03. The lowest BCUT2D eigenvalue weighted by Crippen LogP contribution is -2.08. The van der Waals surface area contributed by atoms with Gasteiger partial charge >= 0.3 is 5.00 Å². The van der Waals surface area contributed by atoms with Gasteiger partial charge in [-0.05, 0) is 26.1 Å². The molecule has 0 aliphatic carbocycles. The molecule has 2 aromatic heterocycles. The Morgan fingerprint density at radius 3 is 3.00 bits per heavy atom. The highest BCUT2D eigenvalue weighted by Gasteiger charge is 2.15. The van der Waals surface area contributed by atoms with Crippen LogP contribution in [0, 0.1) is 10.1 Å². The molecule has 96 valence electrons. The first kappa shape index (κ1) is 12.7. The van der Waals surface area contributed by atoms with Crippen LogP contribution in [0.4, 0.5) is 5.00 Å². The molecule has 0 fully saturated rings. The van der Waals surface area contributed by atoms with E-state index in [9.17, 15) is 10.1 Å². The van der Waals surface area contributed by atoms with E-state index in [2.05, 4.69) is 15.5 Å². The fourth-order valence-electron chi connectivity index (χ4n) is 1.41. The van der Waals surface area contributed by atoms with Crippen LogP contribution in [0.1, 0.15) is 12.3 Å². The van der Waals surface area contributed by atoms with Crippen molar-refractivity contribution in [1.29, 1.82) is 0 Å². The van der Waals surface area contributed by atoms with E-state index < -0.39 is 4.92 Å². The van der Waals surface area contributed by atoms with Crippen molar-refractivity contribution >= 4 is 16.3 Å². The smallest absolute Gasteiger partial charge is 0.324 e. The third-order valence-corrected chi connectivity index (χ3v) is 3.29. The van der Waals surface area contributed by atoms with E-state index in [1.807, 2.05) is 7.05 Å². The van der Waals surface area contributed by atoms with Gasteiger partial charge in [0.2, 0.25) is 5.89 Å². The molecule has 1 N–H and O–H groups in total. The molecule has 7 nitrogen and oxygen atoms in total. The number of thiophene rings is 1. The molecule has 8 heteroatoms. The molecule has 0 radical (unpaired) electrons. The maximum atomic E-state index is 10.6. The third-order valence-electron chi connectivity index (χ3n) is 2.27. The van der Waals surface area contributed by atoms with Crippen LogP contribution >= 0.6 is 11.3 Å². The molecule has 0 saturated carbocycles. The number of nitro groups is 1. The SMILES string of the molecule is CNCCCc1nnc(-c2ccc([N+](=O)[O-])s2)o1.